The maximum Gasteiger partial charge on any atom is 0.435 e. The Morgan fingerprint density at radius 3 is 2.53 bits per heavy atom. The largest absolute Gasteiger partial charge is 0.435 e. The third-order valence-electron chi connectivity index (χ3n) is 4.82. The molecule has 4 rings (SSSR count). The van der Waals surface area contributed by atoms with Crippen molar-refractivity contribution >= 4 is 11.7 Å². The summed E-state index contributed by atoms with van der Waals surface area (Å²) in [4.78, 5) is 18.9. The van der Waals surface area contributed by atoms with E-state index in [1.54, 1.807) is 18.3 Å². The van der Waals surface area contributed by atoms with Gasteiger partial charge in [-0.1, -0.05) is 5.21 Å². The number of benzene rings is 1. The van der Waals surface area contributed by atoms with E-state index in [0.29, 0.717) is 42.4 Å². The molecular weight excluding hydrogens is 432 g/mol. The second-order valence-electron chi connectivity index (χ2n) is 6.98. The van der Waals surface area contributed by atoms with Crippen LogP contribution in [0.4, 0.5) is 23.4 Å². The summed E-state index contributed by atoms with van der Waals surface area (Å²) in [6.07, 6.45) is -3.34. The van der Waals surface area contributed by atoms with Crippen molar-refractivity contribution in [1.82, 2.24) is 25.3 Å². The molecule has 1 aliphatic heterocycles. The first-order valence-electron chi connectivity index (χ1n) is 9.67. The third kappa shape index (κ3) is 4.69. The molecule has 0 unspecified atom stereocenters. The molecule has 0 radical (unpaired) electrons. The predicted octanol–water partition coefficient (Wildman–Crippen LogP) is 2.59. The number of pyridine rings is 1. The first kappa shape index (κ1) is 21.7. The standard InChI is InChI=1S/C20H18F4N6O2/c21-14-1-3-15(4-2-14)30-18(20(22,23)24)17(27-28-30)19(31)26-12-13-5-6-25-16(11-13)29-7-9-32-10-8-29/h1-6,11H,7-10,12H2,(H,26,31). The van der Waals surface area contributed by atoms with Crippen LogP contribution in [0.2, 0.25) is 0 Å². The van der Waals surface area contributed by atoms with Crippen molar-refractivity contribution < 1.29 is 27.1 Å². The second-order valence-corrected chi connectivity index (χ2v) is 6.98. The fraction of sp³-hybridized carbons (Fsp3) is 0.300. The molecule has 0 saturated carbocycles. The van der Waals surface area contributed by atoms with Crippen LogP contribution >= 0.6 is 0 Å². The van der Waals surface area contributed by atoms with Gasteiger partial charge in [0, 0.05) is 25.8 Å². The molecule has 1 fully saturated rings. The summed E-state index contributed by atoms with van der Waals surface area (Å²) in [7, 11) is 0. The topological polar surface area (TPSA) is 85.2 Å². The van der Waals surface area contributed by atoms with Gasteiger partial charge in [-0.05, 0) is 42.0 Å². The lowest BCUT2D eigenvalue weighted by molar-refractivity contribution is -0.143. The smallest absolute Gasteiger partial charge is 0.378 e. The quantitative estimate of drug-likeness (QED) is 0.602. The molecule has 0 aliphatic carbocycles. The average molecular weight is 450 g/mol. The molecule has 8 nitrogen and oxygen atoms in total. The molecule has 1 saturated heterocycles. The van der Waals surface area contributed by atoms with E-state index in [1.807, 2.05) is 4.90 Å². The van der Waals surface area contributed by atoms with E-state index in [4.69, 9.17) is 4.74 Å². The minimum atomic E-state index is -4.91. The van der Waals surface area contributed by atoms with Crippen molar-refractivity contribution in [1.29, 1.82) is 0 Å². The number of alkyl halides is 3. The zero-order valence-electron chi connectivity index (χ0n) is 16.6. The lowest BCUT2D eigenvalue weighted by Gasteiger charge is -2.28. The summed E-state index contributed by atoms with van der Waals surface area (Å²) < 4.78 is 60.0. The molecule has 0 atom stereocenters. The van der Waals surface area contributed by atoms with Crippen LogP contribution in [0.3, 0.4) is 0 Å². The van der Waals surface area contributed by atoms with Crippen molar-refractivity contribution in [2.75, 3.05) is 31.2 Å². The fourth-order valence-corrected chi connectivity index (χ4v) is 3.25. The Bertz CT molecular complexity index is 1090. The van der Waals surface area contributed by atoms with Crippen molar-refractivity contribution in [3.8, 4) is 5.69 Å². The summed E-state index contributed by atoms with van der Waals surface area (Å²) in [6.45, 7) is 2.47. The normalized spacial score (nSPS) is 14.4. The van der Waals surface area contributed by atoms with Gasteiger partial charge in [-0.2, -0.15) is 13.2 Å². The number of carbonyl (C=O) groups is 1. The molecule has 0 spiro atoms. The number of nitrogens with one attached hydrogen (secondary N) is 1. The van der Waals surface area contributed by atoms with Gasteiger partial charge in [0.1, 0.15) is 11.6 Å². The van der Waals surface area contributed by atoms with E-state index in [1.165, 1.54) is 0 Å². The Hall–Kier alpha value is -3.54. The highest BCUT2D eigenvalue weighted by molar-refractivity contribution is 5.93. The van der Waals surface area contributed by atoms with Crippen LogP contribution in [0.1, 0.15) is 21.7 Å². The van der Waals surface area contributed by atoms with E-state index in [2.05, 4.69) is 20.6 Å². The van der Waals surface area contributed by atoms with Gasteiger partial charge < -0.3 is 15.0 Å². The number of amides is 1. The number of ether oxygens (including phenoxy) is 1. The maximum absolute atomic E-state index is 13.7. The molecule has 0 bridgehead atoms. The van der Waals surface area contributed by atoms with Gasteiger partial charge in [-0.25, -0.2) is 14.1 Å². The number of anilines is 1. The van der Waals surface area contributed by atoms with E-state index in [-0.39, 0.29) is 12.2 Å². The number of carbonyl (C=O) groups excluding carboxylic acids is 1. The zero-order valence-corrected chi connectivity index (χ0v) is 16.6. The van der Waals surface area contributed by atoms with Crippen LogP contribution in [0.5, 0.6) is 0 Å². The number of halogens is 4. The zero-order chi connectivity index (χ0) is 22.7. The highest BCUT2D eigenvalue weighted by atomic mass is 19.4. The van der Waals surface area contributed by atoms with E-state index < -0.39 is 29.3 Å². The molecule has 2 aromatic heterocycles. The number of nitrogens with zero attached hydrogens (tertiary/aromatic N) is 5. The van der Waals surface area contributed by atoms with E-state index in [0.717, 1.165) is 24.3 Å². The second kappa shape index (κ2) is 8.91. The highest BCUT2D eigenvalue weighted by Gasteiger charge is 2.42. The number of hydrogen-bond donors (Lipinski definition) is 1. The van der Waals surface area contributed by atoms with Crippen LogP contribution in [0.25, 0.3) is 5.69 Å². The van der Waals surface area contributed by atoms with Gasteiger partial charge in [-0.15, -0.1) is 5.10 Å². The SMILES string of the molecule is O=C(NCc1ccnc(N2CCOCC2)c1)c1nnn(-c2ccc(F)cc2)c1C(F)(F)F. The van der Waals surface area contributed by atoms with Crippen LogP contribution < -0.4 is 10.2 Å². The number of morpholine rings is 1. The summed E-state index contributed by atoms with van der Waals surface area (Å²) in [5.74, 6) is -0.956. The van der Waals surface area contributed by atoms with Crippen LogP contribution in [0.15, 0.2) is 42.6 Å². The van der Waals surface area contributed by atoms with Gasteiger partial charge in [0.25, 0.3) is 5.91 Å². The average Bonchev–Trinajstić information content (AvgIpc) is 3.25. The van der Waals surface area contributed by atoms with Crippen LogP contribution in [0, 0.1) is 5.82 Å². The van der Waals surface area contributed by atoms with Crippen molar-refractivity contribution in [2.45, 2.75) is 12.7 Å². The third-order valence-corrected chi connectivity index (χ3v) is 4.82. The molecule has 12 heteroatoms. The Labute approximate surface area is 179 Å². The molecule has 3 heterocycles. The molecule has 168 valence electrons. The maximum atomic E-state index is 13.7. The van der Waals surface area contributed by atoms with Crippen LogP contribution in [-0.4, -0.2) is 52.2 Å². The predicted molar refractivity (Wildman–Crippen MR) is 105 cm³/mol. The van der Waals surface area contributed by atoms with Gasteiger partial charge in [-0.3, -0.25) is 4.79 Å². The summed E-state index contributed by atoms with van der Waals surface area (Å²) in [5.41, 5.74) is -1.63. The molecule has 1 amide bonds. The van der Waals surface area contributed by atoms with Gasteiger partial charge in [0.2, 0.25) is 0 Å². The van der Waals surface area contributed by atoms with Crippen molar-refractivity contribution in [3.63, 3.8) is 0 Å². The fourth-order valence-electron chi connectivity index (χ4n) is 3.25. The van der Waals surface area contributed by atoms with Crippen molar-refractivity contribution in [3.05, 3.63) is 65.4 Å². The minimum absolute atomic E-state index is 0.0284. The van der Waals surface area contributed by atoms with Crippen LogP contribution in [-0.2, 0) is 17.5 Å². The van der Waals surface area contributed by atoms with E-state index >= 15 is 0 Å². The summed E-state index contributed by atoms with van der Waals surface area (Å²) in [5, 5.41) is 9.35. The molecular formula is C20H18F4N6O2. The lowest BCUT2D eigenvalue weighted by atomic mass is 10.2. The monoisotopic (exact) mass is 450 g/mol. The molecule has 32 heavy (non-hydrogen) atoms. The minimum Gasteiger partial charge on any atom is -0.378 e. The number of hydrogen-bond acceptors (Lipinski definition) is 6. The van der Waals surface area contributed by atoms with E-state index in [9.17, 15) is 22.4 Å². The van der Waals surface area contributed by atoms with Gasteiger partial charge in [0.05, 0.1) is 18.9 Å². The summed E-state index contributed by atoms with van der Waals surface area (Å²) in [6, 6.07) is 7.63. The van der Waals surface area contributed by atoms with Gasteiger partial charge in [0.15, 0.2) is 11.4 Å². The molecule has 1 aromatic carbocycles. The first-order valence-corrected chi connectivity index (χ1v) is 9.67. The Kier molecular flexibility index (Phi) is 6.04. The Morgan fingerprint density at radius 1 is 1.12 bits per heavy atom. The highest BCUT2D eigenvalue weighted by Crippen LogP contribution is 2.32. The molecule has 1 N–H and O–H groups in total. The summed E-state index contributed by atoms with van der Waals surface area (Å²) >= 11 is 0. The number of rotatable bonds is 5. The first-order chi connectivity index (χ1) is 15.3. The molecule has 3 aromatic rings. The lowest BCUT2D eigenvalue weighted by Crippen LogP contribution is -2.36. The Morgan fingerprint density at radius 2 is 1.84 bits per heavy atom. The van der Waals surface area contributed by atoms with Gasteiger partial charge >= 0.3 is 6.18 Å². The van der Waals surface area contributed by atoms with Crippen molar-refractivity contribution in [2.24, 2.45) is 0 Å². The molecule has 1 aliphatic rings. The Balaban J connectivity index is 1.53. The number of aromatic nitrogens is 4.